The molecule has 0 aliphatic carbocycles. The number of aliphatic hydroxyl groups excluding tert-OH is 1. The van der Waals surface area contributed by atoms with E-state index in [2.05, 4.69) is 66.4 Å². The number of hydrogen-bond acceptors (Lipinski definition) is 2. The van der Waals surface area contributed by atoms with Crippen molar-refractivity contribution in [3.8, 4) is 0 Å². The van der Waals surface area contributed by atoms with Crippen LogP contribution in [0.1, 0.15) is 18.1 Å². The molecule has 2 heteroatoms. The molecule has 0 aromatic heterocycles. The third kappa shape index (κ3) is 5.70. The fourth-order valence-corrected chi connectivity index (χ4v) is 2.51. The van der Waals surface area contributed by atoms with Gasteiger partial charge in [0.2, 0.25) is 0 Å². The van der Waals surface area contributed by atoms with Crippen LogP contribution in [-0.2, 0) is 13.0 Å². The van der Waals surface area contributed by atoms with Crippen LogP contribution in [0.3, 0.4) is 0 Å². The van der Waals surface area contributed by atoms with Crippen LogP contribution in [0.4, 0.5) is 0 Å². The summed E-state index contributed by atoms with van der Waals surface area (Å²) in [6, 6.07) is 21.1. The molecule has 2 rings (SSSR count). The molecule has 0 amide bonds. The van der Waals surface area contributed by atoms with Crippen molar-refractivity contribution >= 4 is 0 Å². The quantitative estimate of drug-likeness (QED) is 0.803. The van der Waals surface area contributed by atoms with E-state index in [4.69, 9.17) is 0 Å². The van der Waals surface area contributed by atoms with Crippen molar-refractivity contribution in [2.45, 2.75) is 19.9 Å². The minimum Gasteiger partial charge on any atom is -0.396 e. The topological polar surface area (TPSA) is 23.5 Å². The van der Waals surface area contributed by atoms with Crippen LogP contribution in [0, 0.1) is 5.92 Å². The summed E-state index contributed by atoms with van der Waals surface area (Å²) >= 11 is 0. The Morgan fingerprint density at radius 3 is 2.05 bits per heavy atom. The first kappa shape index (κ1) is 15.7. The van der Waals surface area contributed by atoms with E-state index < -0.39 is 0 Å². The second-order valence-corrected chi connectivity index (χ2v) is 5.74. The van der Waals surface area contributed by atoms with Gasteiger partial charge in [-0.2, -0.15) is 0 Å². The average Bonchev–Trinajstić information content (AvgIpc) is 2.54. The lowest BCUT2D eigenvalue weighted by Crippen LogP contribution is -2.31. The molecular formula is C19H25NO. The maximum atomic E-state index is 9.31. The first-order valence-corrected chi connectivity index (χ1v) is 7.69. The normalized spacial score (nSPS) is 12.5. The molecule has 1 atom stereocenters. The molecule has 0 radical (unpaired) electrons. The molecule has 112 valence electrons. The average molecular weight is 283 g/mol. The molecular weight excluding hydrogens is 258 g/mol. The zero-order valence-corrected chi connectivity index (χ0v) is 12.8. The number of benzene rings is 2. The van der Waals surface area contributed by atoms with E-state index in [-0.39, 0.29) is 6.61 Å². The van der Waals surface area contributed by atoms with E-state index in [1.54, 1.807) is 0 Å². The highest BCUT2D eigenvalue weighted by atomic mass is 16.3. The van der Waals surface area contributed by atoms with Crippen molar-refractivity contribution in [2.75, 3.05) is 19.7 Å². The summed E-state index contributed by atoms with van der Waals surface area (Å²) in [7, 11) is 0. The Bertz CT molecular complexity index is 497. The molecule has 0 unspecified atom stereocenters. The van der Waals surface area contributed by atoms with Gasteiger partial charge < -0.3 is 5.11 Å². The van der Waals surface area contributed by atoms with Crippen LogP contribution in [-0.4, -0.2) is 29.7 Å². The van der Waals surface area contributed by atoms with Crippen LogP contribution >= 0.6 is 0 Å². The Hall–Kier alpha value is -1.64. The summed E-state index contributed by atoms with van der Waals surface area (Å²) < 4.78 is 0. The lowest BCUT2D eigenvalue weighted by atomic mass is 10.1. The second-order valence-electron chi connectivity index (χ2n) is 5.74. The van der Waals surface area contributed by atoms with E-state index in [0.29, 0.717) is 5.92 Å². The van der Waals surface area contributed by atoms with Crippen LogP contribution in [0.25, 0.3) is 0 Å². The Morgan fingerprint density at radius 1 is 0.905 bits per heavy atom. The third-order valence-corrected chi connectivity index (χ3v) is 3.69. The number of rotatable bonds is 8. The lowest BCUT2D eigenvalue weighted by Gasteiger charge is -2.25. The standard InChI is InChI=1S/C19H25NO/c1-17(16-21)14-20(15-19-10-6-3-7-11-19)13-12-18-8-4-2-5-9-18/h2-11,17,21H,12-16H2,1H3/t17-/m1/s1. The molecule has 2 aromatic carbocycles. The predicted molar refractivity (Wildman–Crippen MR) is 88.1 cm³/mol. The minimum absolute atomic E-state index is 0.247. The molecule has 0 aliphatic rings. The third-order valence-electron chi connectivity index (χ3n) is 3.69. The second kappa shape index (κ2) is 8.60. The zero-order chi connectivity index (χ0) is 14.9. The van der Waals surface area contributed by atoms with Gasteiger partial charge in [0, 0.05) is 26.2 Å². The summed E-state index contributed by atoms with van der Waals surface area (Å²) in [6.07, 6.45) is 1.05. The highest BCUT2D eigenvalue weighted by Gasteiger charge is 2.10. The summed E-state index contributed by atoms with van der Waals surface area (Å²) in [5, 5.41) is 9.31. The van der Waals surface area contributed by atoms with E-state index in [0.717, 1.165) is 26.1 Å². The Morgan fingerprint density at radius 2 is 1.48 bits per heavy atom. The Labute approximate surface area is 128 Å². The van der Waals surface area contributed by atoms with Gasteiger partial charge in [0.1, 0.15) is 0 Å². The Kier molecular flexibility index (Phi) is 6.45. The van der Waals surface area contributed by atoms with Gasteiger partial charge in [-0.1, -0.05) is 67.6 Å². The smallest absolute Gasteiger partial charge is 0.0468 e. The number of aliphatic hydroxyl groups is 1. The van der Waals surface area contributed by atoms with Crippen LogP contribution in [0.2, 0.25) is 0 Å². The molecule has 0 spiro atoms. The van der Waals surface area contributed by atoms with E-state index in [1.165, 1.54) is 11.1 Å². The van der Waals surface area contributed by atoms with Gasteiger partial charge in [0.05, 0.1) is 0 Å². The molecule has 21 heavy (non-hydrogen) atoms. The van der Waals surface area contributed by atoms with Crippen LogP contribution in [0.15, 0.2) is 60.7 Å². The summed E-state index contributed by atoms with van der Waals surface area (Å²) in [6.45, 7) is 5.23. The fourth-order valence-electron chi connectivity index (χ4n) is 2.51. The molecule has 0 bridgehead atoms. The summed E-state index contributed by atoms with van der Waals surface area (Å²) in [5.41, 5.74) is 2.70. The van der Waals surface area contributed by atoms with Gasteiger partial charge in [-0.25, -0.2) is 0 Å². The number of nitrogens with zero attached hydrogens (tertiary/aromatic N) is 1. The first-order chi connectivity index (χ1) is 10.3. The van der Waals surface area contributed by atoms with Gasteiger partial charge in [0.15, 0.2) is 0 Å². The predicted octanol–water partition coefficient (Wildman–Crippen LogP) is 3.36. The van der Waals surface area contributed by atoms with E-state index in [9.17, 15) is 5.11 Å². The molecule has 0 fully saturated rings. The maximum Gasteiger partial charge on any atom is 0.0468 e. The molecule has 1 N–H and O–H groups in total. The molecule has 0 saturated heterocycles. The van der Waals surface area contributed by atoms with Crippen molar-refractivity contribution in [1.82, 2.24) is 4.90 Å². The monoisotopic (exact) mass is 283 g/mol. The van der Waals surface area contributed by atoms with Crippen LogP contribution in [0.5, 0.6) is 0 Å². The molecule has 2 nitrogen and oxygen atoms in total. The van der Waals surface area contributed by atoms with Crippen molar-refractivity contribution in [3.63, 3.8) is 0 Å². The first-order valence-electron chi connectivity index (χ1n) is 7.69. The maximum absolute atomic E-state index is 9.31. The minimum atomic E-state index is 0.247. The van der Waals surface area contributed by atoms with E-state index >= 15 is 0 Å². The highest BCUT2D eigenvalue weighted by molar-refractivity contribution is 5.16. The molecule has 0 aliphatic heterocycles. The van der Waals surface area contributed by atoms with Gasteiger partial charge in [-0.3, -0.25) is 4.90 Å². The zero-order valence-electron chi connectivity index (χ0n) is 12.8. The van der Waals surface area contributed by atoms with Gasteiger partial charge in [-0.05, 0) is 23.5 Å². The lowest BCUT2D eigenvalue weighted by molar-refractivity contribution is 0.169. The van der Waals surface area contributed by atoms with Gasteiger partial charge in [0.25, 0.3) is 0 Å². The molecule has 0 saturated carbocycles. The van der Waals surface area contributed by atoms with Crippen molar-refractivity contribution in [3.05, 3.63) is 71.8 Å². The largest absolute Gasteiger partial charge is 0.396 e. The fraction of sp³-hybridized carbons (Fsp3) is 0.368. The van der Waals surface area contributed by atoms with Gasteiger partial charge >= 0.3 is 0 Å². The van der Waals surface area contributed by atoms with Crippen molar-refractivity contribution < 1.29 is 5.11 Å². The van der Waals surface area contributed by atoms with Gasteiger partial charge in [-0.15, -0.1) is 0 Å². The Balaban J connectivity index is 1.95. The SMILES string of the molecule is C[C@@H](CO)CN(CCc1ccccc1)Cc1ccccc1. The highest BCUT2D eigenvalue weighted by Crippen LogP contribution is 2.09. The molecule has 0 heterocycles. The summed E-state index contributed by atoms with van der Waals surface area (Å²) in [5.74, 6) is 0.310. The van der Waals surface area contributed by atoms with Crippen molar-refractivity contribution in [1.29, 1.82) is 0 Å². The number of hydrogen-bond donors (Lipinski definition) is 1. The summed E-state index contributed by atoms with van der Waals surface area (Å²) in [4.78, 5) is 2.43. The van der Waals surface area contributed by atoms with Crippen molar-refractivity contribution in [2.24, 2.45) is 5.92 Å². The molecule has 2 aromatic rings. The van der Waals surface area contributed by atoms with E-state index in [1.807, 2.05) is 6.07 Å². The van der Waals surface area contributed by atoms with Crippen LogP contribution < -0.4 is 0 Å².